The summed E-state index contributed by atoms with van der Waals surface area (Å²) < 4.78 is 0. The van der Waals surface area contributed by atoms with Crippen molar-refractivity contribution in [1.82, 2.24) is 19.9 Å². The van der Waals surface area contributed by atoms with Crippen LogP contribution in [-0.2, 0) is 0 Å². The molecule has 6 nitrogen and oxygen atoms in total. The van der Waals surface area contributed by atoms with Gasteiger partial charge in [0.05, 0.1) is 5.39 Å². The summed E-state index contributed by atoms with van der Waals surface area (Å²) in [5, 5.41) is 1.00. The van der Waals surface area contributed by atoms with Crippen LogP contribution in [0.15, 0.2) is 18.5 Å². The Morgan fingerprint density at radius 2 is 1.79 bits per heavy atom. The van der Waals surface area contributed by atoms with E-state index in [-0.39, 0.29) is 0 Å². The number of hydrogen-bond donors (Lipinski definition) is 1. The van der Waals surface area contributed by atoms with Gasteiger partial charge in [0, 0.05) is 19.1 Å². The maximum Gasteiger partial charge on any atom is 0.166 e. The number of fused-ring (bicyclic) bond motifs is 1. The van der Waals surface area contributed by atoms with Crippen LogP contribution in [0, 0.1) is 0 Å². The first-order valence-corrected chi connectivity index (χ1v) is 9.17. The molecular weight excluding hydrogens is 300 g/mol. The second-order valence-electron chi connectivity index (χ2n) is 7.00. The van der Waals surface area contributed by atoms with Crippen molar-refractivity contribution in [2.24, 2.45) is 0 Å². The molecule has 1 unspecified atom stereocenters. The molecule has 2 aliphatic rings. The van der Waals surface area contributed by atoms with Crippen molar-refractivity contribution in [3.8, 4) is 0 Å². The van der Waals surface area contributed by atoms with Crippen molar-refractivity contribution in [1.29, 1.82) is 0 Å². The molecule has 0 amide bonds. The van der Waals surface area contributed by atoms with Gasteiger partial charge in [0.25, 0.3) is 0 Å². The fourth-order valence-corrected chi connectivity index (χ4v) is 4.10. The molecule has 0 aromatic carbocycles. The van der Waals surface area contributed by atoms with Gasteiger partial charge in [-0.1, -0.05) is 12.8 Å². The molecule has 1 atom stereocenters. The lowest BCUT2D eigenvalue weighted by Gasteiger charge is -2.39. The molecule has 2 aliphatic heterocycles. The predicted octanol–water partition coefficient (Wildman–Crippen LogP) is 2.45. The predicted molar refractivity (Wildman–Crippen MR) is 97.0 cm³/mol. The van der Waals surface area contributed by atoms with E-state index in [0.717, 1.165) is 24.3 Å². The summed E-state index contributed by atoms with van der Waals surface area (Å²) in [4.78, 5) is 18.3. The number of nitrogen functional groups attached to an aromatic ring is 1. The minimum absolute atomic E-state index is 0.508. The highest BCUT2D eigenvalue weighted by Gasteiger charge is 2.27. The Morgan fingerprint density at radius 1 is 0.958 bits per heavy atom. The first kappa shape index (κ1) is 15.6. The Hall–Kier alpha value is -1.95. The summed E-state index contributed by atoms with van der Waals surface area (Å²) in [6.07, 6.45) is 9.58. The summed E-state index contributed by atoms with van der Waals surface area (Å²) in [7, 11) is 0. The van der Waals surface area contributed by atoms with Gasteiger partial charge in [-0.3, -0.25) is 4.90 Å². The molecule has 128 valence electrons. The molecule has 2 saturated heterocycles. The molecule has 0 spiro atoms. The lowest BCUT2D eigenvalue weighted by molar-refractivity contribution is 0.182. The Balaban J connectivity index is 1.57. The molecule has 4 rings (SSSR count). The molecule has 2 aromatic rings. The summed E-state index contributed by atoms with van der Waals surface area (Å²) in [6, 6.07) is 4.48. The summed E-state index contributed by atoms with van der Waals surface area (Å²) in [5.41, 5.74) is 6.49. The van der Waals surface area contributed by atoms with Crippen molar-refractivity contribution >= 4 is 22.7 Å². The van der Waals surface area contributed by atoms with Gasteiger partial charge in [0.1, 0.15) is 18.0 Å². The smallest absolute Gasteiger partial charge is 0.166 e. The van der Waals surface area contributed by atoms with Gasteiger partial charge in [-0.2, -0.15) is 0 Å². The van der Waals surface area contributed by atoms with E-state index in [1.807, 2.05) is 12.1 Å². The molecule has 0 aliphatic carbocycles. The van der Waals surface area contributed by atoms with Crippen LogP contribution in [0.5, 0.6) is 0 Å². The van der Waals surface area contributed by atoms with Gasteiger partial charge in [-0.15, -0.1) is 0 Å². The molecule has 0 bridgehead atoms. The monoisotopic (exact) mass is 326 g/mol. The zero-order valence-electron chi connectivity index (χ0n) is 14.2. The fourth-order valence-electron chi connectivity index (χ4n) is 4.10. The molecule has 2 fully saturated rings. The van der Waals surface area contributed by atoms with Crippen LogP contribution in [0.1, 0.15) is 38.5 Å². The van der Waals surface area contributed by atoms with Crippen LogP contribution < -0.4 is 10.6 Å². The third kappa shape index (κ3) is 3.15. The number of nitrogens with zero attached hydrogens (tertiary/aromatic N) is 5. The SMILES string of the molecule is Nc1ccc2c(N3CCCC(N4CCCCCC4)C3)ncnc2n1. The average Bonchev–Trinajstić information content (AvgIpc) is 2.90. The van der Waals surface area contributed by atoms with E-state index in [1.165, 1.54) is 51.6 Å². The van der Waals surface area contributed by atoms with Gasteiger partial charge >= 0.3 is 0 Å². The summed E-state index contributed by atoms with van der Waals surface area (Å²) >= 11 is 0. The van der Waals surface area contributed by atoms with Crippen molar-refractivity contribution in [2.45, 2.75) is 44.6 Å². The average molecular weight is 326 g/mol. The standard InChI is InChI=1S/C18H26N6/c19-16-8-7-15-17(22-16)20-13-21-18(15)24-11-5-6-14(12-24)23-9-3-1-2-4-10-23/h7-8,13-14H,1-6,9-12H2,(H2,19,20,21,22). The van der Waals surface area contributed by atoms with Crippen molar-refractivity contribution < 1.29 is 0 Å². The number of likely N-dealkylation sites (tertiary alicyclic amines) is 1. The number of anilines is 2. The number of piperidine rings is 1. The van der Waals surface area contributed by atoms with E-state index in [4.69, 9.17) is 5.73 Å². The Labute approximate surface area is 143 Å². The minimum atomic E-state index is 0.508. The van der Waals surface area contributed by atoms with E-state index in [9.17, 15) is 0 Å². The van der Waals surface area contributed by atoms with Crippen LogP contribution in [0.25, 0.3) is 11.0 Å². The topological polar surface area (TPSA) is 71.2 Å². The first-order valence-electron chi connectivity index (χ1n) is 9.17. The Kier molecular flexibility index (Phi) is 4.47. The van der Waals surface area contributed by atoms with Crippen LogP contribution in [-0.4, -0.2) is 52.1 Å². The van der Waals surface area contributed by atoms with E-state index in [2.05, 4.69) is 24.8 Å². The van der Waals surface area contributed by atoms with Gasteiger partial charge in [0.15, 0.2) is 5.65 Å². The van der Waals surface area contributed by atoms with Gasteiger partial charge in [-0.25, -0.2) is 15.0 Å². The van der Waals surface area contributed by atoms with E-state index in [0.29, 0.717) is 17.5 Å². The zero-order chi connectivity index (χ0) is 16.4. The number of hydrogen-bond acceptors (Lipinski definition) is 6. The molecule has 4 heterocycles. The van der Waals surface area contributed by atoms with Crippen LogP contribution >= 0.6 is 0 Å². The van der Waals surface area contributed by atoms with Crippen LogP contribution in [0.4, 0.5) is 11.6 Å². The van der Waals surface area contributed by atoms with E-state index < -0.39 is 0 Å². The van der Waals surface area contributed by atoms with Gasteiger partial charge < -0.3 is 10.6 Å². The summed E-state index contributed by atoms with van der Waals surface area (Å²) in [6.45, 7) is 4.61. The highest BCUT2D eigenvalue weighted by molar-refractivity contribution is 5.87. The van der Waals surface area contributed by atoms with E-state index >= 15 is 0 Å². The van der Waals surface area contributed by atoms with Gasteiger partial charge in [0.2, 0.25) is 0 Å². The molecule has 0 radical (unpaired) electrons. The highest BCUT2D eigenvalue weighted by atomic mass is 15.3. The molecule has 24 heavy (non-hydrogen) atoms. The number of nitrogens with two attached hydrogens (primary N) is 1. The second kappa shape index (κ2) is 6.89. The molecule has 0 saturated carbocycles. The molecule has 2 N–H and O–H groups in total. The summed E-state index contributed by atoms with van der Waals surface area (Å²) in [5.74, 6) is 1.51. The van der Waals surface area contributed by atoms with Crippen LogP contribution in [0.2, 0.25) is 0 Å². The Morgan fingerprint density at radius 3 is 2.62 bits per heavy atom. The maximum atomic E-state index is 5.79. The maximum absolute atomic E-state index is 5.79. The largest absolute Gasteiger partial charge is 0.384 e. The lowest BCUT2D eigenvalue weighted by Crippen LogP contribution is -2.48. The second-order valence-corrected chi connectivity index (χ2v) is 7.00. The molecular formula is C18H26N6. The minimum Gasteiger partial charge on any atom is -0.384 e. The molecule has 6 heteroatoms. The van der Waals surface area contributed by atoms with Crippen molar-refractivity contribution in [2.75, 3.05) is 36.8 Å². The van der Waals surface area contributed by atoms with Gasteiger partial charge in [-0.05, 0) is 50.9 Å². The number of rotatable bonds is 2. The van der Waals surface area contributed by atoms with E-state index in [1.54, 1.807) is 6.33 Å². The third-order valence-electron chi connectivity index (χ3n) is 5.35. The quantitative estimate of drug-likeness (QED) is 0.914. The normalized spacial score (nSPS) is 23.3. The molecule has 2 aromatic heterocycles. The third-order valence-corrected chi connectivity index (χ3v) is 5.35. The number of aromatic nitrogens is 3. The fraction of sp³-hybridized carbons (Fsp3) is 0.611. The zero-order valence-corrected chi connectivity index (χ0v) is 14.2. The van der Waals surface area contributed by atoms with Crippen molar-refractivity contribution in [3.63, 3.8) is 0 Å². The lowest BCUT2D eigenvalue weighted by atomic mass is 10.0. The van der Waals surface area contributed by atoms with Crippen LogP contribution in [0.3, 0.4) is 0 Å². The number of pyridine rings is 1. The first-order chi connectivity index (χ1) is 11.8. The van der Waals surface area contributed by atoms with Crippen molar-refractivity contribution in [3.05, 3.63) is 18.5 Å². The Bertz CT molecular complexity index is 695. The highest BCUT2D eigenvalue weighted by Crippen LogP contribution is 2.27.